The molecule has 1 rings (SSSR count). The van der Waals surface area contributed by atoms with Crippen LogP contribution in [0.4, 0.5) is 5.95 Å². The number of hydrogen-bond donors (Lipinski definition) is 3. The van der Waals surface area contributed by atoms with Crippen LogP contribution in [0.25, 0.3) is 0 Å². The number of nitrogens with zero attached hydrogens (tertiary/aromatic N) is 3. The van der Waals surface area contributed by atoms with E-state index in [2.05, 4.69) is 10.3 Å². The van der Waals surface area contributed by atoms with Crippen LogP contribution in [0.2, 0.25) is 0 Å². The summed E-state index contributed by atoms with van der Waals surface area (Å²) in [5.41, 5.74) is 0.338. The van der Waals surface area contributed by atoms with Crippen LogP contribution in [0, 0.1) is 0 Å². The Kier molecular flexibility index (Phi) is 4.50. The summed E-state index contributed by atoms with van der Waals surface area (Å²) in [6, 6.07) is 0. The molecular weight excluding hydrogens is 220 g/mol. The number of hydrogen-bond acceptors (Lipinski definition) is 5. The summed E-state index contributed by atoms with van der Waals surface area (Å²) in [7, 11) is 5.81. The van der Waals surface area contributed by atoms with Crippen LogP contribution in [0.1, 0.15) is 12.6 Å². The Balaban J connectivity index is 2.70. The minimum atomic E-state index is -0.664. The van der Waals surface area contributed by atoms with Gasteiger partial charge in [-0.15, -0.1) is 0 Å². The summed E-state index contributed by atoms with van der Waals surface area (Å²) in [5, 5.41) is 21.5. The van der Waals surface area contributed by atoms with Gasteiger partial charge < -0.3 is 25.0 Å². The van der Waals surface area contributed by atoms with Crippen molar-refractivity contribution in [3.8, 4) is 0 Å². The van der Waals surface area contributed by atoms with Crippen molar-refractivity contribution in [3.05, 3.63) is 11.9 Å². The van der Waals surface area contributed by atoms with Crippen LogP contribution in [0.3, 0.4) is 0 Å². The highest BCUT2D eigenvalue weighted by atomic mass is 16.3. The van der Waals surface area contributed by atoms with Gasteiger partial charge in [0.15, 0.2) is 0 Å². The predicted octanol–water partition coefficient (Wildman–Crippen LogP) is -0.681. The molecule has 1 heterocycles. The van der Waals surface area contributed by atoms with E-state index < -0.39 is 5.54 Å². The third-order valence-electron chi connectivity index (χ3n) is 2.85. The molecular formula is C11H22N4O2. The second kappa shape index (κ2) is 5.48. The number of aliphatic hydroxyl groups excluding tert-OH is 2. The molecule has 0 aliphatic carbocycles. The second-order valence-electron chi connectivity index (χ2n) is 4.73. The molecule has 98 valence electrons. The molecule has 0 spiro atoms. The van der Waals surface area contributed by atoms with Gasteiger partial charge in [0.25, 0.3) is 0 Å². The van der Waals surface area contributed by atoms with Crippen molar-refractivity contribution in [2.45, 2.75) is 19.0 Å². The van der Waals surface area contributed by atoms with Crippen molar-refractivity contribution in [2.75, 3.05) is 32.2 Å². The Hall–Kier alpha value is -1.11. The smallest absolute Gasteiger partial charge is 0.204 e. The van der Waals surface area contributed by atoms with Gasteiger partial charge in [0, 0.05) is 27.7 Å². The molecule has 6 heteroatoms. The molecule has 6 nitrogen and oxygen atoms in total. The molecule has 3 N–H and O–H groups in total. The molecule has 0 amide bonds. The molecule has 0 aliphatic rings. The average Bonchev–Trinajstić information content (AvgIpc) is 2.68. The SMILES string of the molecule is CN(C)c1ncc(CNC(C)(CO)CO)n1C. The van der Waals surface area contributed by atoms with Crippen molar-refractivity contribution in [1.29, 1.82) is 0 Å². The lowest BCUT2D eigenvalue weighted by molar-refractivity contribution is 0.102. The molecule has 0 unspecified atom stereocenters. The Morgan fingerprint density at radius 1 is 1.41 bits per heavy atom. The van der Waals surface area contributed by atoms with Gasteiger partial charge in [0.2, 0.25) is 5.95 Å². The van der Waals surface area contributed by atoms with E-state index >= 15 is 0 Å². The fourth-order valence-corrected chi connectivity index (χ4v) is 1.48. The van der Waals surface area contributed by atoms with Crippen LogP contribution >= 0.6 is 0 Å². The standard InChI is InChI=1S/C11H22N4O2/c1-11(7-16,8-17)13-6-9-5-12-10(14(2)3)15(9)4/h5,13,16-17H,6-8H2,1-4H3. The number of imidazole rings is 1. The first kappa shape index (κ1) is 14.0. The van der Waals surface area contributed by atoms with E-state index in [-0.39, 0.29) is 13.2 Å². The lowest BCUT2D eigenvalue weighted by atomic mass is 10.1. The molecule has 0 radical (unpaired) electrons. The molecule has 0 atom stereocenters. The summed E-state index contributed by atoms with van der Waals surface area (Å²) >= 11 is 0. The predicted molar refractivity (Wildman–Crippen MR) is 67.0 cm³/mol. The molecule has 1 aromatic rings. The van der Waals surface area contributed by atoms with Gasteiger partial charge in [-0.2, -0.15) is 0 Å². The first-order valence-electron chi connectivity index (χ1n) is 5.58. The molecule has 0 saturated carbocycles. The Morgan fingerprint density at radius 2 is 2.00 bits per heavy atom. The summed E-state index contributed by atoms with van der Waals surface area (Å²) in [6.45, 7) is 2.11. The summed E-state index contributed by atoms with van der Waals surface area (Å²) in [4.78, 5) is 6.22. The average molecular weight is 242 g/mol. The number of aliphatic hydroxyl groups is 2. The Labute approximate surface area is 102 Å². The van der Waals surface area contributed by atoms with Crippen LogP contribution in [0.15, 0.2) is 6.20 Å². The minimum absolute atomic E-state index is 0.109. The molecule has 0 aliphatic heterocycles. The first-order chi connectivity index (χ1) is 7.93. The van der Waals surface area contributed by atoms with Crippen LogP contribution in [-0.4, -0.2) is 52.6 Å². The van der Waals surface area contributed by atoms with Crippen molar-refractivity contribution < 1.29 is 10.2 Å². The van der Waals surface area contributed by atoms with E-state index in [1.807, 2.05) is 30.6 Å². The maximum Gasteiger partial charge on any atom is 0.204 e. The number of anilines is 1. The molecule has 0 aromatic carbocycles. The highest BCUT2D eigenvalue weighted by Crippen LogP contribution is 2.12. The highest BCUT2D eigenvalue weighted by molar-refractivity contribution is 5.30. The van der Waals surface area contributed by atoms with Gasteiger partial charge in [-0.05, 0) is 6.92 Å². The maximum atomic E-state index is 9.17. The monoisotopic (exact) mass is 242 g/mol. The summed E-state index contributed by atoms with van der Waals surface area (Å²) in [6.07, 6.45) is 1.79. The van der Waals surface area contributed by atoms with E-state index in [1.165, 1.54) is 0 Å². The molecule has 0 fully saturated rings. The summed E-state index contributed by atoms with van der Waals surface area (Å²) in [5.74, 6) is 0.872. The van der Waals surface area contributed by atoms with Crippen molar-refractivity contribution in [1.82, 2.24) is 14.9 Å². The third kappa shape index (κ3) is 3.18. The number of aromatic nitrogens is 2. The van der Waals surface area contributed by atoms with Crippen LogP contribution in [-0.2, 0) is 13.6 Å². The minimum Gasteiger partial charge on any atom is -0.394 e. The van der Waals surface area contributed by atoms with Crippen LogP contribution < -0.4 is 10.2 Å². The first-order valence-corrected chi connectivity index (χ1v) is 5.58. The van der Waals surface area contributed by atoms with Gasteiger partial charge >= 0.3 is 0 Å². The van der Waals surface area contributed by atoms with Gasteiger partial charge in [0.05, 0.1) is 30.6 Å². The van der Waals surface area contributed by atoms with Gasteiger partial charge in [0.1, 0.15) is 0 Å². The fourth-order valence-electron chi connectivity index (χ4n) is 1.48. The van der Waals surface area contributed by atoms with Gasteiger partial charge in [-0.25, -0.2) is 4.98 Å². The van der Waals surface area contributed by atoms with E-state index in [4.69, 9.17) is 0 Å². The topological polar surface area (TPSA) is 73.6 Å². The van der Waals surface area contributed by atoms with E-state index in [1.54, 1.807) is 13.1 Å². The highest BCUT2D eigenvalue weighted by Gasteiger charge is 2.22. The van der Waals surface area contributed by atoms with Crippen LogP contribution in [0.5, 0.6) is 0 Å². The molecule has 0 bridgehead atoms. The van der Waals surface area contributed by atoms with Crippen molar-refractivity contribution in [3.63, 3.8) is 0 Å². The van der Waals surface area contributed by atoms with Crippen molar-refractivity contribution in [2.24, 2.45) is 7.05 Å². The maximum absolute atomic E-state index is 9.17. The zero-order valence-electron chi connectivity index (χ0n) is 10.9. The number of nitrogens with one attached hydrogen (secondary N) is 1. The Morgan fingerprint density at radius 3 is 2.41 bits per heavy atom. The third-order valence-corrected chi connectivity index (χ3v) is 2.85. The van der Waals surface area contributed by atoms with Gasteiger partial charge in [-0.3, -0.25) is 0 Å². The van der Waals surface area contributed by atoms with Crippen molar-refractivity contribution >= 4 is 5.95 Å². The normalized spacial score (nSPS) is 11.9. The van der Waals surface area contributed by atoms with E-state index in [0.717, 1.165) is 11.6 Å². The summed E-state index contributed by atoms with van der Waals surface area (Å²) < 4.78 is 1.97. The molecule has 1 aromatic heterocycles. The quantitative estimate of drug-likeness (QED) is 0.616. The van der Waals surface area contributed by atoms with Gasteiger partial charge in [-0.1, -0.05) is 0 Å². The Bertz CT molecular complexity index is 358. The second-order valence-corrected chi connectivity index (χ2v) is 4.73. The lowest BCUT2D eigenvalue weighted by Crippen LogP contribution is -2.48. The van der Waals surface area contributed by atoms with E-state index in [9.17, 15) is 10.2 Å². The zero-order valence-corrected chi connectivity index (χ0v) is 10.9. The molecule has 17 heavy (non-hydrogen) atoms. The zero-order chi connectivity index (χ0) is 13.1. The fraction of sp³-hybridized carbons (Fsp3) is 0.727. The largest absolute Gasteiger partial charge is 0.394 e. The molecule has 0 saturated heterocycles. The van der Waals surface area contributed by atoms with E-state index in [0.29, 0.717) is 6.54 Å². The number of rotatable bonds is 6. The lowest BCUT2D eigenvalue weighted by Gasteiger charge is -2.26.